The van der Waals surface area contributed by atoms with E-state index in [-0.39, 0.29) is 18.1 Å². The number of ether oxygens (including phenoxy) is 5. The minimum absolute atomic E-state index is 0.0201. The van der Waals surface area contributed by atoms with Crippen molar-refractivity contribution in [1.82, 2.24) is 0 Å². The van der Waals surface area contributed by atoms with Crippen LogP contribution in [0.25, 0.3) is 0 Å². The molecule has 1 saturated heterocycles. The molecule has 1 rings (SSSR count). The van der Waals surface area contributed by atoms with Crippen LogP contribution in [0.2, 0.25) is 0 Å². The summed E-state index contributed by atoms with van der Waals surface area (Å²) < 4.78 is 30.7. The Morgan fingerprint density at radius 3 is 1.41 bits per heavy atom. The predicted molar refractivity (Wildman–Crippen MR) is 195 cm³/mol. The molecule has 5 heteroatoms. The first kappa shape index (κ1) is 41.0. The lowest BCUT2D eigenvalue weighted by Gasteiger charge is -2.43. The molecule has 0 aromatic carbocycles. The van der Waals surface area contributed by atoms with Gasteiger partial charge in [-0.3, -0.25) is 0 Å². The number of methoxy groups -OCH3 is 1. The maximum Gasteiger partial charge on any atom is 0.198 e. The van der Waals surface area contributed by atoms with Crippen molar-refractivity contribution in [2.24, 2.45) is 5.92 Å². The second-order valence-electron chi connectivity index (χ2n) is 13.2. The summed E-state index contributed by atoms with van der Waals surface area (Å²) in [5.41, 5.74) is 7.94. The minimum Gasteiger partial charge on any atom is -0.498 e. The molecule has 1 aliphatic heterocycles. The maximum absolute atomic E-state index is 6.36. The van der Waals surface area contributed by atoms with Gasteiger partial charge in [-0.25, -0.2) is 0 Å². The zero-order chi connectivity index (χ0) is 34.3. The fraction of sp³-hybridized carbons (Fsp3) is 0.561. The van der Waals surface area contributed by atoms with E-state index in [0.29, 0.717) is 6.61 Å². The third kappa shape index (κ3) is 18.8. The maximum atomic E-state index is 6.36. The van der Waals surface area contributed by atoms with Gasteiger partial charge >= 0.3 is 0 Å². The summed E-state index contributed by atoms with van der Waals surface area (Å²) in [6, 6.07) is 0. The average Bonchev–Trinajstić information content (AvgIpc) is 2.98. The van der Waals surface area contributed by atoms with Gasteiger partial charge in [0.2, 0.25) is 0 Å². The summed E-state index contributed by atoms with van der Waals surface area (Å²) in [5.74, 6) is -0.0201. The molecular weight excluding hydrogens is 572 g/mol. The van der Waals surface area contributed by atoms with Crippen molar-refractivity contribution in [2.45, 2.75) is 132 Å². The standard InChI is InChI=1S/C41H64O5/c1-31(2)18-12-21-34(7)24-15-27-43-30-38-37(10)39(44-28-16-25-35(8)22-13-19-32(3)4)40(41(42-11)46-38)45-29-17-26-36(9)23-14-20-33(5)6/h15-20,24-29,37-41H,12-14,21-23,30H2,1-11H3/b27-15+,28-16+,29-17+,34-24+,35-25+,36-26+/t37-,38?,39+,40?,41-/m1/s1. The van der Waals surface area contributed by atoms with E-state index in [1.54, 1.807) is 25.9 Å². The van der Waals surface area contributed by atoms with Gasteiger partial charge in [-0.05, 0) is 119 Å². The normalized spacial score (nSPS) is 22.8. The summed E-state index contributed by atoms with van der Waals surface area (Å²) in [7, 11) is 1.64. The van der Waals surface area contributed by atoms with Crippen LogP contribution >= 0.6 is 0 Å². The molecule has 0 saturated carbocycles. The summed E-state index contributed by atoms with van der Waals surface area (Å²) in [6.45, 7) is 21.7. The van der Waals surface area contributed by atoms with E-state index in [4.69, 9.17) is 23.7 Å². The van der Waals surface area contributed by atoms with Gasteiger partial charge in [-0.1, -0.05) is 76.8 Å². The Bertz CT molecular complexity index is 1130. The number of allylic oxidation sites excluding steroid dienone is 15. The van der Waals surface area contributed by atoms with E-state index in [2.05, 4.69) is 106 Å². The molecule has 258 valence electrons. The van der Waals surface area contributed by atoms with Gasteiger partial charge in [0.1, 0.15) is 18.8 Å². The molecule has 1 fully saturated rings. The van der Waals surface area contributed by atoms with Gasteiger partial charge in [0, 0.05) is 13.0 Å². The minimum atomic E-state index is -0.613. The molecular formula is C41H64O5. The molecule has 5 atom stereocenters. The molecule has 0 aromatic rings. The van der Waals surface area contributed by atoms with Crippen LogP contribution in [0.5, 0.6) is 0 Å². The van der Waals surface area contributed by atoms with Crippen molar-refractivity contribution in [3.8, 4) is 0 Å². The Labute approximate surface area is 282 Å². The van der Waals surface area contributed by atoms with Gasteiger partial charge in [0.05, 0.1) is 18.8 Å². The first-order chi connectivity index (χ1) is 21.9. The van der Waals surface area contributed by atoms with Crippen molar-refractivity contribution in [1.29, 1.82) is 0 Å². The second kappa shape index (κ2) is 24.2. The van der Waals surface area contributed by atoms with Crippen LogP contribution in [0.15, 0.2) is 107 Å². The highest BCUT2D eigenvalue weighted by Crippen LogP contribution is 2.31. The number of rotatable bonds is 20. The molecule has 0 spiro atoms. The van der Waals surface area contributed by atoms with Crippen molar-refractivity contribution in [2.75, 3.05) is 13.7 Å². The summed E-state index contributed by atoms with van der Waals surface area (Å²) in [6.07, 6.45) is 28.7. The second-order valence-corrected chi connectivity index (χ2v) is 13.2. The first-order valence-corrected chi connectivity index (χ1v) is 16.9. The van der Waals surface area contributed by atoms with E-state index in [1.807, 2.05) is 18.2 Å². The van der Waals surface area contributed by atoms with Crippen LogP contribution in [0.4, 0.5) is 0 Å². The van der Waals surface area contributed by atoms with Gasteiger partial charge < -0.3 is 23.7 Å². The van der Waals surface area contributed by atoms with Crippen molar-refractivity contribution in [3.05, 3.63) is 107 Å². The van der Waals surface area contributed by atoms with E-state index >= 15 is 0 Å². The highest BCUT2D eigenvalue weighted by atomic mass is 16.7. The van der Waals surface area contributed by atoms with Crippen LogP contribution in [0.3, 0.4) is 0 Å². The fourth-order valence-corrected chi connectivity index (χ4v) is 4.87. The Morgan fingerprint density at radius 2 is 1.00 bits per heavy atom. The van der Waals surface area contributed by atoms with Gasteiger partial charge in [0.15, 0.2) is 12.4 Å². The zero-order valence-corrected chi connectivity index (χ0v) is 30.8. The fourth-order valence-electron chi connectivity index (χ4n) is 4.87. The molecule has 1 heterocycles. The van der Waals surface area contributed by atoms with Crippen molar-refractivity contribution in [3.63, 3.8) is 0 Å². The summed E-state index contributed by atoms with van der Waals surface area (Å²) in [4.78, 5) is 0. The Hall–Kier alpha value is -3.02. The highest BCUT2D eigenvalue weighted by molar-refractivity contribution is 5.12. The quantitative estimate of drug-likeness (QED) is 0.0756. The average molecular weight is 637 g/mol. The van der Waals surface area contributed by atoms with Crippen LogP contribution in [-0.4, -0.2) is 38.3 Å². The molecule has 0 aromatic heterocycles. The lowest BCUT2D eigenvalue weighted by atomic mass is 9.90. The molecule has 46 heavy (non-hydrogen) atoms. The highest BCUT2D eigenvalue weighted by Gasteiger charge is 2.46. The summed E-state index contributed by atoms with van der Waals surface area (Å²) in [5, 5.41) is 0. The van der Waals surface area contributed by atoms with Crippen molar-refractivity contribution < 1.29 is 23.7 Å². The smallest absolute Gasteiger partial charge is 0.198 e. The van der Waals surface area contributed by atoms with E-state index < -0.39 is 12.4 Å². The molecule has 2 unspecified atom stereocenters. The Kier molecular flexibility index (Phi) is 21.6. The molecule has 0 aliphatic carbocycles. The van der Waals surface area contributed by atoms with Crippen LogP contribution in [0.1, 0.15) is 108 Å². The van der Waals surface area contributed by atoms with Gasteiger partial charge in [-0.2, -0.15) is 0 Å². The zero-order valence-electron chi connectivity index (χ0n) is 30.8. The third-order valence-electron chi connectivity index (χ3n) is 7.72. The largest absolute Gasteiger partial charge is 0.498 e. The van der Waals surface area contributed by atoms with E-state index in [1.165, 1.54) is 33.4 Å². The molecule has 1 aliphatic rings. The first-order valence-electron chi connectivity index (χ1n) is 16.9. The van der Waals surface area contributed by atoms with Crippen LogP contribution in [0, 0.1) is 5.92 Å². The van der Waals surface area contributed by atoms with E-state index in [0.717, 1.165) is 38.5 Å². The number of hydrogen-bond donors (Lipinski definition) is 0. The topological polar surface area (TPSA) is 46.2 Å². The molecule has 0 amide bonds. The SMILES string of the molecule is CO[C@@H]1OC(CO/C=C/C=C(\C)CCC=C(C)C)[C@@H](C)[C@H](O/C=C/C=C(\C)CCC=C(C)C)C1O/C=C/C=C(\C)CCC=C(C)C. The van der Waals surface area contributed by atoms with Crippen LogP contribution in [-0.2, 0) is 23.7 Å². The predicted octanol–water partition coefficient (Wildman–Crippen LogP) is 11.4. The molecule has 0 radical (unpaired) electrons. The number of hydrogen-bond acceptors (Lipinski definition) is 5. The molecule has 0 N–H and O–H groups in total. The Balaban J connectivity index is 2.99. The summed E-state index contributed by atoms with van der Waals surface area (Å²) >= 11 is 0. The third-order valence-corrected chi connectivity index (χ3v) is 7.72. The van der Waals surface area contributed by atoms with Crippen molar-refractivity contribution >= 4 is 0 Å². The molecule has 5 nitrogen and oxygen atoms in total. The van der Waals surface area contributed by atoms with Gasteiger partial charge in [0.25, 0.3) is 0 Å². The lowest BCUT2D eigenvalue weighted by Crippen LogP contribution is -2.56. The van der Waals surface area contributed by atoms with Crippen LogP contribution < -0.4 is 0 Å². The monoisotopic (exact) mass is 636 g/mol. The van der Waals surface area contributed by atoms with E-state index in [9.17, 15) is 0 Å². The Morgan fingerprint density at radius 1 is 0.587 bits per heavy atom. The molecule has 0 bridgehead atoms. The van der Waals surface area contributed by atoms with Gasteiger partial charge in [-0.15, -0.1) is 0 Å². The lowest BCUT2D eigenvalue weighted by molar-refractivity contribution is -0.282.